The maximum absolute atomic E-state index is 12.3. The van der Waals surface area contributed by atoms with Crippen LogP contribution in [0.15, 0.2) is 35.4 Å². The lowest BCUT2D eigenvalue weighted by molar-refractivity contribution is -0.124. The summed E-state index contributed by atoms with van der Waals surface area (Å²) < 4.78 is 1.20. The van der Waals surface area contributed by atoms with E-state index in [0.717, 1.165) is 5.01 Å². The van der Waals surface area contributed by atoms with Crippen LogP contribution in [0, 0.1) is 6.92 Å². The van der Waals surface area contributed by atoms with Crippen LogP contribution in [0.5, 0.6) is 0 Å². The first kappa shape index (κ1) is 16.7. The Labute approximate surface area is 145 Å². The van der Waals surface area contributed by atoms with Crippen LogP contribution in [0.25, 0.3) is 10.9 Å². The standard InChI is InChI=1S/C15H14N6O3S/c1-9-19-20-15(25-9)18-12(22)6-16-13(23)7-21-8-17-11-5-3-2-4-10(11)14(21)24/h2-5,8H,6-7H2,1H3,(H,16,23)(H,18,20,22). The van der Waals surface area contributed by atoms with E-state index >= 15 is 0 Å². The number of hydrogen-bond acceptors (Lipinski definition) is 7. The monoisotopic (exact) mass is 358 g/mol. The Hall–Kier alpha value is -3.14. The van der Waals surface area contributed by atoms with E-state index in [1.807, 2.05) is 0 Å². The Kier molecular flexibility index (Phi) is 4.80. The molecule has 0 radical (unpaired) electrons. The number of para-hydroxylation sites is 1. The fraction of sp³-hybridized carbons (Fsp3) is 0.200. The van der Waals surface area contributed by atoms with Gasteiger partial charge in [0.25, 0.3) is 5.56 Å². The number of carbonyl (C=O) groups excluding carboxylic acids is 2. The van der Waals surface area contributed by atoms with E-state index in [1.54, 1.807) is 31.2 Å². The van der Waals surface area contributed by atoms with Gasteiger partial charge < -0.3 is 5.32 Å². The number of benzene rings is 1. The molecule has 2 N–H and O–H groups in total. The Morgan fingerprint density at radius 3 is 2.76 bits per heavy atom. The summed E-state index contributed by atoms with van der Waals surface area (Å²) in [5.41, 5.74) is 0.255. The maximum atomic E-state index is 12.3. The average Bonchev–Trinajstić information content (AvgIpc) is 3.00. The first-order valence-electron chi connectivity index (χ1n) is 7.34. The van der Waals surface area contributed by atoms with Crippen molar-refractivity contribution in [1.82, 2.24) is 25.1 Å². The number of nitrogens with zero attached hydrogens (tertiary/aromatic N) is 4. The lowest BCUT2D eigenvalue weighted by atomic mass is 10.2. The molecule has 3 rings (SSSR count). The molecule has 128 valence electrons. The molecule has 0 aliphatic carbocycles. The number of aryl methyl sites for hydroxylation is 1. The molecule has 0 aliphatic heterocycles. The number of anilines is 1. The van der Waals surface area contributed by atoms with Crippen LogP contribution >= 0.6 is 11.3 Å². The van der Waals surface area contributed by atoms with E-state index in [-0.39, 0.29) is 18.6 Å². The molecule has 2 heterocycles. The quantitative estimate of drug-likeness (QED) is 0.678. The Morgan fingerprint density at radius 1 is 1.20 bits per heavy atom. The van der Waals surface area contributed by atoms with Gasteiger partial charge in [-0.2, -0.15) is 0 Å². The molecule has 0 spiro atoms. The Morgan fingerprint density at radius 2 is 2.00 bits per heavy atom. The van der Waals surface area contributed by atoms with Crippen molar-refractivity contribution in [3.63, 3.8) is 0 Å². The van der Waals surface area contributed by atoms with Crippen LogP contribution in [0.1, 0.15) is 5.01 Å². The van der Waals surface area contributed by atoms with Gasteiger partial charge in [0.05, 0.1) is 23.8 Å². The van der Waals surface area contributed by atoms with Crippen molar-refractivity contribution in [2.75, 3.05) is 11.9 Å². The molecular weight excluding hydrogens is 344 g/mol. The van der Waals surface area contributed by atoms with E-state index in [2.05, 4.69) is 25.8 Å². The van der Waals surface area contributed by atoms with Gasteiger partial charge in [-0.3, -0.25) is 24.3 Å². The summed E-state index contributed by atoms with van der Waals surface area (Å²) in [6.07, 6.45) is 1.31. The molecule has 0 aliphatic rings. The molecule has 0 fully saturated rings. The number of aromatic nitrogens is 4. The second kappa shape index (κ2) is 7.18. The maximum Gasteiger partial charge on any atom is 0.261 e. The second-order valence-corrected chi connectivity index (χ2v) is 6.33. The van der Waals surface area contributed by atoms with Crippen LogP contribution in [-0.2, 0) is 16.1 Å². The zero-order chi connectivity index (χ0) is 17.8. The van der Waals surface area contributed by atoms with Gasteiger partial charge >= 0.3 is 0 Å². The largest absolute Gasteiger partial charge is 0.345 e. The average molecular weight is 358 g/mol. The highest BCUT2D eigenvalue weighted by molar-refractivity contribution is 7.15. The van der Waals surface area contributed by atoms with Crippen LogP contribution < -0.4 is 16.2 Å². The van der Waals surface area contributed by atoms with E-state index in [0.29, 0.717) is 16.0 Å². The number of amides is 2. The molecule has 1 aromatic carbocycles. The van der Waals surface area contributed by atoms with Crippen molar-refractivity contribution in [3.8, 4) is 0 Å². The highest BCUT2D eigenvalue weighted by Gasteiger charge is 2.11. The second-order valence-electron chi connectivity index (χ2n) is 5.15. The minimum atomic E-state index is -0.470. The molecule has 2 aromatic heterocycles. The summed E-state index contributed by atoms with van der Waals surface area (Å²) in [4.78, 5) is 40.1. The fourth-order valence-corrected chi connectivity index (χ4v) is 2.73. The molecule has 0 unspecified atom stereocenters. The van der Waals surface area contributed by atoms with Gasteiger partial charge in [-0.25, -0.2) is 4.98 Å². The third-order valence-corrected chi connectivity index (χ3v) is 4.02. The molecule has 10 heteroatoms. The van der Waals surface area contributed by atoms with Crippen molar-refractivity contribution < 1.29 is 9.59 Å². The van der Waals surface area contributed by atoms with Crippen molar-refractivity contribution >= 4 is 39.2 Å². The predicted octanol–water partition coefficient (Wildman–Crippen LogP) is 0.311. The highest BCUT2D eigenvalue weighted by Crippen LogP contribution is 2.12. The smallest absolute Gasteiger partial charge is 0.261 e. The molecule has 0 atom stereocenters. The van der Waals surface area contributed by atoms with E-state index in [9.17, 15) is 14.4 Å². The van der Waals surface area contributed by atoms with Crippen LogP contribution in [-0.4, -0.2) is 38.1 Å². The van der Waals surface area contributed by atoms with Gasteiger partial charge in [0.2, 0.25) is 16.9 Å². The molecule has 9 nitrogen and oxygen atoms in total. The van der Waals surface area contributed by atoms with Gasteiger partial charge in [0, 0.05) is 0 Å². The molecular formula is C15H14N6O3S. The molecule has 2 amide bonds. The van der Waals surface area contributed by atoms with Crippen LogP contribution in [0.3, 0.4) is 0 Å². The van der Waals surface area contributed by atoms with Crippen molar-refractivity contribution in [2.24, 2.45) is 0 Å². The van der Waals surface area contributed by atoms with Gasteiger partial charge in [-0.05, 0) is 19.1 Å². The van der Waals surface area contributed by atoms with Crippen molar-refractivity contribution in [1.29, 1.82) is 0 Å². The summed E-state index contributed by atoms with van der Waals surface area (Å²) >= 11 is 1.24. The summed E-state index contributed by atoms with van der Waals surface area (Å²) in [5.74, 6) is -0.892. The minimum absolute atomic E-state index is 0.220. The number of fused-ring (bicyclic) bond motifs is 1. The fourth-order valence-electron chi connectivity index (χ4n) is 2.12. The topological polar surface area (TPSA) is 119 Å². The molecule has 25 heavy (non-hydrogen) atoms. The third kappa shape index (κ3) is 4.04. The predicted molar refractivity (Wildman–Crippen MR) is 92.3 cm³/mol. The zero-order valence-corrected chi connectivity index (χ0v) is 14.0. The molecule has 0 bridgehead atoms. The number of carbonyl (C=O) groups is 2. The minimum Gasteiger partial charge on any atom is -0.345 e. The van der Waals surface area contributed by atoms with Gasteiger partial charge in [0.1, 0.15) is 11.6 Å². The first-order valence-corrected chi connectivity index (χ1v) is 8.15. The normalized spacial score (nSPS) is 10.6. The number of hydrogen-bond donors (Lipinski definition) is 2. The SMILES string of the molecule is Cc1nnc(NC(=O)CNC(=O)Cn2cnc3ccccc3c2=O)s1. The van der Waals surface area contributed by atoms with Crippen molar-refractivity contribution in [2.45, 2.75) is 13.5 Å². The lowest BCUT2D eigenvalue weighted by Crippen LogP contribution is -2.37. The summed E-state index contributed by atoms with van der Waals surface area (Å²) in [6, 6.07) is 6.89. The molecule has 0 saturated heterocycles. The lowest BCUT2D eigenvalue weighted by Gasteiger charge is -2.07. The van der Waals surface area contributed by atoms with Crippen molar-refractivity contribution in [3.05, 3.63) is 46.0 Å². The number of nitrogens with one attached hydrogen (secondary N) is 2. The number of rotatable bonds is 5. The van der Waals surface area contributed by atoms with Gasteiger partial charge in [-0.1, -0.05) is 23.5 Å². The zero-order valence-electron chi connectivity index (χ0n) is 13.2. The van der Waals surface area contributed by atoms with E-state index in [1.165, 1.54) is 22.2 Å². The van der Waals surface area contributed by atoms with Crippen LogP contribution in [0.2, 0.25) is 0 Å². The first-order chi connectivity index (χ1) is 12.0. The van der Waals surface area contributed by atoms with Crippen LogP contribution in [0.4, 0.5) is 5.13 Å². The summed E-state index contributed by atoms with van der Waals surface area (Å²) in [7, 11) is 0. The van der Waals surface area contributed by atoms with E-state index in [4.69, 9.17) is 0 Å². The Balaban J connectivity index is 1.58. The van der Waals surface area contributed by atoms with Gasteiger partial charge in [0.15, 0.2) is 0 Å². The summed E-state index contributed by atoms with van der Waals surface area (Å²) in [5, 5.41) is 14.0. The summed E-state index contributed by atoms with van der Waals surface area (Å²) in [6.45, 7) is 1.32. The van der Waals surface area contributed by atoms with E-state index < -0.39 is 11.8 Å². The third-order valence-electron chi connectivity index (χ3n) is 3.26. The van der Waals surface area contributed by atoms with Gasteiger partial charge in [-0.15, -0.1) is 10.2 Å². The molecule has 3 aromatic rings. The Bertz CT molecular complexity index is 996. The highest BCUT2D eigenvalue weighted by atomic mass is 32.1. The molecule has 0 saturated carbocycles.